The van der Waals surface area contributed by atoms with Crippen molar-refractivity contribution in [2.75, 3.05) is 26.3 Å². The number of hydrogen-bond acceptors (Lipinski definition) is 8. The molecular formula is C33H42F5N3O7S. The number of hydrogen-bond donors (Lipinski definition) is 1. The summed E-state index contributed by atoms with van der Waals surface area (Å²) < 4.78 is 112. The van der Waals surface area contributed by atoms with Crippen LogP contribution >= 0.6 is 0 Å². The Morgan fingerprint density at radius 1 is 0.898 bits per heavy atom. The van der Waals surface area contributed by atoms with Crippen molar-refractivity contribution in [3.8, 4) is 11.5 Å². The molecule has 1 aliphatic carbocycles. The third kappa shape index (κ3) is 9.81. The number of nitrogens with zero attached hydrogens (tertiary/aromatic N) is 2. The van der Waals surface area contributed by atoms with Gasteiger partial charge in [-0.25, -0.2) is 13.2 Å². The van der Waals surface area contributed by atoms with Crippen LogP contribution in [-0.4, -0.2) is 74.2 Å². The van der Waals surface area contributed by atoms with Crippen LogP contribution in [0.3, 0.4) is 0 Å². The molecule has 0 unspecified atom stereocenters. The summed E-state index contributed by atoms with van der Waals surface area (Å²) in [6.45, 7) is 2.18. The predicted molar refractivity (Wildman–Crippen MR) is 168 cm³/mol. The maximum absolute atomic E-state index is 16.6. The number of sulfonamides is 1. The maximum atomic E-state index is 16.6. The highest BCUT2D eigenvalue weighted by Crippen LogP contribution is 2.40. The zero-order valence-electron chi connectivity index (χ0n) is 27.2. The number of nitrogens with two attached hydrogens (primary N) is 1. The molecule has 10 nitrogen and oxygen atoms in total. The van der Waals surface area contributed by atoms with Gasteiger partial charge in [0.25, 0.3) is 15.9 Å². The fraction of sp³-hybridized carbons (Fsp3) is 0.576. The van der Waals surface area contributed by atoms with E-state index in [4.69, 9.17) is 15.2 Å². The van der Waals surface area contributed by atoms with Crippen molar-refractivity contribution in [3.63, 3.8) is 0 Å². The third-order valence-corrected chi connectivity index (χ3v) is 10.2. The van der Waals surface area contributed by atoms with Crippen LogP contribution in [0.2, 0.25) is 0 Å². The highest BCUT2D eigenvalue weighted by molar-refractivity contribution is 7.89. The van der Waals surface area contributed by atoms with Gasteiger partial charge in [-0.15, -0.1) is 0 Å². The van der Waals surface area contributed by atoms with E-state index < -0.39 is 55.0 Å². The number of piperidine rings is 1. The van der Waals surface area contributed by atoms with Gasteiger partial charge in [-0.1, -0.05) is 32.6 Å². The molecule has 272 valence electrons. The fourth-order valence-corrected chi connectivity index (χ4v) is 7.04. The SMILES string of the molecule is CCCCOc1ccc(C(F)(F)[C@H](C(=O)N2CCC(N)CC2)N(OC(=O)C(F)(F)F)S(=O)(=O)c2ccc(OCC3CCCCC3)cc2)cc1. The summed E-state index contributed by atoms with van der Waals surface area (Å²) >= 11 is 0. The number of unbranched alkanes of at least 4 members (excludes halogenated alkanes) is 1. The number of halogens is 5. The molecule has 1 aliphatic heterocycles. The number of carbonyl (C=O) groups excluding carboxylic acids is 2. The standard InChI is InChI=1S/C33H42F5N3O7S/c1-2-3-21-46-26-11-9-24(10-12-26)32(34,35)29(30(42)40-19-17-25(39)18-20-40)41(48-31(43)33(36,37)38)49(44,45)28-15-13-27(14-16-28)47-22-23-7-5-4-6-8-23/h9-16,23,25,29H,2-8,17-22,39H2,1H3/t29-/m0/s1. The van der Waals surface area contributed by atoms with Gasteiger partial charge in [-0.05, 0) is 91.0 Å². The van der Waals surface area contributed by atoms with E-state index in [9.17, 15) is 31.2 Å². The summed E-state index contributed by atoms with van der Waals surface area (Å²) in [6, 6.07) is 4.64. The first-order chi connectivity index (χ1) is 23.1. The molecule has 1 saturated carbocycles. The third-order valence-electron chi connectivity index (χ3n) is 8.62. The number of benzene rings is 2. The fourth-order valence-electron chi connectivity index (χ4n) is 5.69. The molecular weight excluding hydrogens is 677 g/mol. The molecule has 2 aliphatic rings. The predicted octanol–water partition coefficient (Wildman–Crippen LogP) is 5.95. The minimum Gasteiger partial charge on any atom is -0.494 e. The molecule has 2 fully saturated rings. The average Bonchev–Trinajstić information content (AvgIpc) is 3.07. The van der Waals surface area contributed by atoms with Gasteiger partial charge in [0.05, 0.1) is 18.1 Å². The van der Waals surface area contributed by atoms with Crippen LogP contribution < -0.4 is 15.2 Å². The molecule has 1 heterocycles. The van der Waals surface area contributed by atoms with E-state index in [1.165, 1.54) is 12.1 Å². The van der Waals surface area contributed by atoms with Crippen LogP contribution in [0.4, 0.5) is 22.0 Å². The number of rotatable bonds is 14. The molecule has 49 heavy (non-hydrogen) atoms. The van der Waals surface area contributed by atoms with Crippen LogP contribution in [0.5, 0.6) is 11.5 Å². The molecule has 2 aromatic carbocycles. The first-order valence-corrected chi connectivity index (χ1v) is 17.8. The van der Waals surface area contributed by atoms with Gasteiger partial charge in [0, 0.05) is 24.7 Å². The lowest BCUT2D eigenvalue weighted by Gasteiger charge is -2.38. The highest BCUT2D eigenvalue weighted by Gasteiger charge is 2.58. The molecule has 16 heteroatoms. The van der Waals surface area contributed by atoms with Gasteiger partial charge >= 0.3 is 18.1 Å². The number of likely N-dealkylation sites (tertiary alicyclic amines) is 1. The lowest BCUT2D eigenvalue weighted by Crippen LogP contribution is -2.60. The second kappa shape index (κ2) is 16.5. The Labute approximate surface area is 282 Å². The number of carbonyl (C=O) groups is 2. The van der Waals surface area contributed by atoms with Crippen LogP contribution in [0.1, 0.15) is 70.3 Å². The summed E-state index contributed by atoms with van der Waals surface area (Å²) in [4.78, 5) is 30.3. The van der Waals surface area contributed by atoms with Crippen LogP contribution in [0.15, 0.2) is 53.4 Å². The normalized spacial score (nSPS) is 17.5. The van der Waals surface area contributed by atoms with Crippen molar-refractivity contribution >= 4 is 21.9 Å². The van der Waals surface area contributed by atoms with Crippen molar-refractivity contribution in [2.45, 2.75) is 93.8 Å². The summed E-state index contributed by atoms with van der Waals surface area (Å²) in [5, 5.41) is 0. The number of ether oxygens (including phenoxy) is 2. The van der Waals surface area contributed by atoms with E-state index in [0.717, 1.165) is 79.8 Å². The second-order valence-electron chi connectivity index (χ2n) is 12.3. The zero-order chi connectivity index (χ0) is 35.8. The topological polar surface area (TPSA) is 128 Å². The minimum absolute atomic E-state index is 0.158. The average molecular weight is 720 g/mol. The smallest absolute Gasteiger partial charge is 0.492 e. The van der Waals surface area contributed by atoms with E-state index in [2.05, 4.69) is 4.84 Å². The first kappa shape index (κ1) is 38.3. The van der Waals surface area contributed by atoms with Gasteiger partial charge in [-0.2, -0.15) is 22.0 Å². The molecule has 2 aromatic rings. The molecule has 1 saturated heterocycles. The summed E-state index contributed by atoms with van der Waals surface area (Å²) in [7, 11) is -5.56. The van der Waals surface area contributed by atoms with Gasteiger partial charge in [0.15, 0.2) is 0 Å². The quantitative estimate of drug-likeness (QED) is 0.144. The number of alkyl halides is 5. The largest absolute Gasteiger partial charge is 0.494 e. The minimum atomic E-state index is -5.80. The van der Waals surface area contributed by atoms with Gasteiger partial charge < -0.3 is 24.9 Å². The zero-order valence-corrected chi connectivity index (χ0v) is 28.0. The molecule has 0 spiro atoms. The van der Waals surface area contributed by atoms with Crippen molar-refractivity contribution in [1.29, 1.82) is 0 Å². The van der Waals surface area contributed by atoms with Gasteiger partial charge in [-0.3, -0.25) is 4.79 Å². The van der Waals surface area contributed by atoms with Crippen molar-refractivity contribution < 1.29 is 54.3 Å². The number of amides is 1. The Balaban J connectivity index is 1.74. The second-order valence-corrected chi connectivity index (χ2v) is 14.1. The highest BCUT2D eigenvalue weighted by atomic mass is 32.2. The molecule has 0 aromatic heterocycles. The lowest BCUT2D eigenvalue weighted by molar-refractivity contribution is -0.239. The summed E-state index contributed by atoms with van der Waals surface area (Å²) in [5.41, 5.74) is 4.96. The Kier molecular flexibility index (Phi) is 12.9. The van der Waals surface area contributed by atoms with Crippen LogP contribution in [-0.2, 0) is 30.4 Å². The molecule has 0 radical (unpaired) electrons. The summed E-state index contributed by atoms with van der Waals surface area (Å²) in [6.07, 6.45) is 1.18. The van der Waals surface area contributed by atoms with E-state index in [1.54, 1.807) is 0 Å². The van der Waals surface area contributed by atoms with Crippen LogP contribution in [0, 0.1) is 5.92 Å². The number of hydroxylamine groups is 1. The van der Waals surface area contributed by atoms with E-state index >= 15 is 8.78 Å². The van der Waals surface area contributed by atoms with Crippen LogP contribution in [0.25, 0.3) is 0 Å². The lowest BCUT2D eigenvalue weighted by atomic mass is 9.90. The maximum Gasteiger partial charge on any atom is 0.492 e. The van der Waals surface area contributed by atoms with E-state index in [0.29, 0.717) is 18.9 Å². The molecule has 1 atom stereocenters. The molecule has 4 rings (SSSR count). The monoisotopic (exact) mass is 719 g/mol. The molecule has 2 N–H and O–H groups in total. The van der Waals surface area contributed by atoms with E-state index in [1.807, 2.05) is 6.92 Å². The molecule has 0 bridgehead atoms. The van der Waals surface area contributed by atoms with Crippen molar-refractivity contribution in [2.24, 2.45) is 11.7 Å². The summed E-state index contributed by atoms with van der Waals surface area (Å²) in [5.74, 6) is -8.50. The van der Waals surface area contributed by atoms with Crippen molar-refractivity contribution in [1.82, 2.24) is 9.37 Å². The first-order valence-electron chi connectivity index (χ1n) is 16.4. The Morgan fingerprint density at radius 2 is 1.47 bits per heavy atom. The Hall–Kier alpha value is -3.50. The Bertz CT molecular complexity index is 1490. The van der Waals surface area contributed by atoms with Crippen molar-refractivity contribution in [3.05, 3.63) is 54.1 Å². The van der Waals surface area contributed by atoms with Gasteiger partial charge in [0.1, 0.15) is 11.5 Å². The Morgan fingerprint density at radius 3 is 2.04 bits per heavy atom. The van der Waals surface area contributed by atoms with E-state index in [-0.39, 0.29) is 50.1 Å². The molecule has 1 amide bonds. The van der Waals surface area contributed by atoms with Gasteiger partial charge in [0.2, 0.25) is 6.04 Å².